The zero-order valence-corrected chi connectivity index (χ0v) is 12.1. The van der Waals surface area contributed by atoms with Crippen molar-refractivity contribution in [2.45, 2.75) is 0 Å². The number of hydrogen-bond acceptors (Lipinski definition) is 7. The van der Waals surface area contributed by atoms with Crippen LogP contribution in [0.25, 0.3) is 0 Å². The van der Waals surface area contributed by atoms with Gasteiger partial charge in [0.15, 0.2) is 0 Å². The lowest BCUT2D eigenvalue weighted by atomic mass is 10.2. The van der Waals surface area contributed by atoms with Crippen LogP contribution in [0.3, 0.4) is 0 Å². The normalized spacial score (nSPS) is 9.88. The van der Waals surface area contributed by atoms with Gasteiger partial charge in [0.05, 0.1) is 21.2 Å². The number of nitro groups is 2. The fourth-order valence-corrected chi connectivity index (χ4v) is 1.86. The molecule has 11 nitrogen and oxygen atoms in total. The van der Waals surface area contributed by atoms with Gasteiger partial charge in [-0.1, -0.05) is 0 Å². The second-order valence-corrected chi connectivity index (χ2v) is 4.47. The lowest BCUT2D eigenvalue weighted by Gasteiger charge is -2.24. The summed E-state index contributed by atoms with van der Waals surface area (Å²) in [6, 6.07) is 9.95. The molecule has 11 heteroatoms. The number of benzene rings is 2. The molecule has 2 rings (SSSR count). The van der Waals surface area contributed by atoms with Gasteiger partial charge in [0.25, 0.3) is 11.4 Å². The van der Waals surface area contributed by atoms with Crippen molar-refractivity contribution in [3.05, 3.63) is 68.8 Å². The average molecular weight is 332 g/mol. The van der Waals surface area contributed by atoms with E-state index in [1.54, 1.807) is 0 Å². The first-order chi connectivity index (χ1) is 11.4. The molecule has 0 spiro atoms. The van der Waals surface area contributed by atoms with Gasteiger partial charge in [-0.05, 0) is 24.3 Å². The highest BCUT2D eigenvalue weighted by atomic mass is 16.6. The number of carbonyl (C=O) groups excluding carboxylic acids is 1. The monoisotopic (exact) mass is 332 g/mol. The predicted octanol–water partition coefficient (Wildman–Crippen LogP) is 1.73. The number of nitrogens with two attached hydrogens (primary N) is 1. The molecule has 0 unspecified atom stereocenters. The summed E-state index contributed by atoms with van der Waals surface area (Å²) in [5.41, 5.74) is 4.84. The Labute approximate surface area is 134 Å². The Morgan fingerprint density at radius 1 is 0.875 bits per heavy atom. The Morgan fingerprint density at radius 3 is 1.54 bits per heavy atom. The van der Waals surface area contributed by atoms with E-state index in [1.165, 1.54) is 53.5 Å². The molecule has 4 N–H and O–H groups in total. The number of rotatable bonds is 5. The van der Waals surface area contributed by atoms with E-state index in [0.717, 1.165) is 0 Å². The van der Waals surface area contributed by atoms with Gasteiger partial charge in [-0.25, -0.2) is 16.1 Å². The Hall–Kier alpha value is -3.73. The molecule has 0 aromatic heterocycles. The molecule has 0 saturated heterocycles. The zero-order valence-electron chi connectivity index (χ0n) is 12.1. The molecule has 0 aliphatic heterocycles. The summed E-state index contributed by atoms with van der Waals surface area (Å²) in [5, 5.41) is 22.7. The molecule has 2 aromatic rings. The maximum absolute atomic E-state index is 11.5. The van der Waals surface area contributed by atoms with E-state index < -0.39 is 15.9 Å². The molecular formula is C13H12N6O5. The predicted molar refractivity (Wildman–Crippen MR) is 84.2 cm³/mol. The van der Waals surface area contributed by atoms with Gasteiger partial charge < -0.3 is 0 Å². The summed E-state index contributed by atoms with van der Waals surface area (Å²) in [5.74, 6) is 5.04. The van der Waals surface area contributed by atoms with Crippen LogP contribution in [-0.4, -0.2) is 15.9 Å². The highest BCUT2D eigenvalue weighted by Crippen LogP contribution is 2.27. The molecule has 2 aromatic carbocycles. The van der Waals surface area contributed by atoms with Crippen molar-refractivity contribution in [1.82, 2.24) is 10.9 Å². The second-order valence-electron chi connectivity index (χ2n) is 4.47. The Kier molecular flexibility index (Phi) is 4.87. The fourth-order valence-electron chi connectivity index (χ4n) is 1.86. The molecule has 2 amide bonds. The van der Waals surface area contributed by atoms with E-state index >= 15 is 0 Å². The fraction of sp³-hybridized carbons (Fsp3) is 0. The third-order valence-corrected chi connectivity index (χ3v) is 2.98. The van der Waals surface area contributed by atoms with Gasteiger partial charge in [-0.2, -0.15) is 0 Å². The van der Waals surface area contributed by atoms with E-state index in [0.29, 0.717) is 11.4 Å². The van der Waals surface area contributed by atoms with Crippen LogP contribution in [0.4, 0.5) is 27.5 Å². The lowest BCUT2D eigenvalue weighted by Crippen LogP contribution is -2.47. The van der Waals surface area contributed by atoms with Crippen LogP contribution in [-0.2, 0) is 0 Å². The summed E-state index contributed by atoms with van der Waals surface area (Å²) in [6.45, 7) is 0. The number of hydrazine groups is 2. The van der Waals surface area contributed by atoms with Crippen molar-refractivity contribution >= 4 is 28.8 Å². The van der Waals surface area contributed by atoms with Crippen LogP contribution in [0.5, 0.6) is 0 Å². The second kappa shape index (κ2) is 7.02. The third kappa shape index (κ3) is 3.72. The number of carbonyl (C=O) groups is 1. The summed E-state index contributed by atoms with van der Waals surface area (Å²) in [6.07, 6.45) is 0. The number of hydrogen-bond donors (Lipinski definition) is 3. The van der Waals surface area contributed by atoms with Crippen LogP contribution in [0, 0.1) is 20.2 Å². The van der Waals surface area contributed by atoms with Gasteiger partial charge >= 0.3 is 6.03 Å². The Bertz CT molecular complexity index is 704. The van der Waals surface area contributed by atoms with Crippen molar-refractivity contribution in [3.8, 4) is 0 Å². The first-order valence-electron chi connectivity index (χ1n) is 6.48. The zero-order chi connectivity index (χ0) is 17.7. The quantitative estimate of drug-likeness (QED) is 0.325. The van der Waals surface area contributed by atoms with E-state index in [2.05, 4.69) is 5.43 Å². The summed E-state index contributed by atoms with van der Waals surface area (Å²) >= 11 is 0. The maximum Gasteiger partial charge on any atom is 0.348 e. The van der Waals surface area contributed by atoms with E-state index in [9.17, 15) is 25.0 Å². The first-order valence-corrected chi connectivity index (χ1v) is 6.48. The minimum Gasteiger partial charge on any atom is -0.275 e. The summed E-state index contributed by atoms with van der Waals surface area (Å²) in [4.78, 5) is 31.8. The van der Waals surface area contributed by atoms with E-state index in [-0.39, 0.29) is 11.4 Å². The molecule has 0 radical (unpaired) electrons. The van der Waals surface area contributed by atoms with Crippen LogP contribution < -0.4 is 21.7 Å². The highest BCUT2D eigenvalue weighted by molar-refractivity contribution is 5.79. The lowest BCUT2D eigenvalue weighted by molar-refractivity contribution is -0.385. The molecule has 0 aliphatic carbocycles. The highest BCUT2D eigenvalue weighted by Gasteiger charge is 2.15. The Balaban J connectivity index is 2.38. The smallest absolute Gasteiger partial charge is 0.275 e. The van der Waals surface area contributed by atoms with Gasteiger partial charge in [-0.15, -0.1) is 0 Å². The minimum atomic E-state index is -0.744. The standard InChI is InChI=1S/C13H12N6O5/c14-15-13(20)16-17(9-1-5-11(6-2-9)18(21)22)10-3-7-12(8-4-10)19(23)24/h1-8H,14H2,(H2,15,16,20). The number of nitrogens with zero attached hydrogens (tertiary/aromatic N) is 3. The first kappa shape index (κ1) is 16.6. The topological polar surface area (TPSA) is 157 Å². The maximum atomic E-state index is 11.5. The van der Waals surface area contributed by atoms with Gasteiger partial charge in [0.2, 0.25) is 0 Å². The van der Waals surface area contributed by atoms with Crippen molar-refractivity contribution in [1.29, 1.82) is 0 Å². The van der Waals surface area contributed by atoms with Crippen LogP contribution in [0.15, 0.2) is 48.5 Å². The molecule has 124 valence electrons. The SMILES string of the molecule is NNC(=O)NN(c1ccc([N+](=O)[O-])cc1)c1ccc([N+](=O)[O-])cc1. The van der Waals surface area contributed by atoms with Gasteiger partial charge in [0.1, 0.15) is 0 Å². The summed E-state index contributed by atoms with van der Waals surface area (Å²) in [7, 11) is 0. The number of urea groups is 1. The molecule has 0 fully saturated rings. The van der Waals surface area contributed by atoms with Gasteiger partial charge in [-0.3, -0.25) is 30.7 Å². The number of anilines is 2. The van der Waals surface area contributed by atoms with E-state index in [1.807, 2.05) is 5.43 Å². The number of non-ortho nitro benzene ring substituents is 2. The van der Waals surface area contributed by atoms with E-state index in [4.69, 9.17) is 5.84 Å². The number of nitrogens with one attached hydrogen (secondary N) is 2. The van der Waals surface area contributed by atoms with Crippen LogP contribution in [0.2, 0.25) is 0 Å². The largest absolute Gasteiger partial charge is 0.348 e. The van der Waals surface area contributed by atoms with Crippen molar-refractivity contribution < 1.29 is 14.6 Å². The molecular weight excluding hydrogens is 320 g/mol. The molecule has 24 heavy (non-hydrogen) atoms. The molecule has 0 saturated carbocycles. The molecule has 0 heterocycles. The van der Waals surface area contributed by atoms with Crippen molar-refractivity contribution in [2.24, 2.45) is 5.84 Å². The van der Waals surface area contributed by atoms with Crippen LogP contribution >= 0.6 is 0 Å². The third-order valence-electron chi connectivity index (χ3n) is 2.98. The molecule has 0 atom stereocenters. The van der Waals surface area contributed by atoms with Crippen molar-refractivity contribution in [2.75, 3.05) is 5.01 Å². The average Bonchev–Trinajstić information content (AvgIpc) is 2.59. The minimum absolute atomic E-state index is 0.120. The Morgan fingerprint density at radius 2 is 1.25 bits per heavy atom. The molecule has 0 aliphatic rings. The summed E-state index contributed by atoms with van der Waals surface area (Å²) < 4.78 is 0. The van der Waals surface area contributed by atoms with Crippen LogP contribution in [0.1, 0.15) is 0 Å². The molecule has 0 bridgehead atoms. The van der Waals surface area contributed by atoms with Crippen molar-refractivity contribution in [3.63, 3.8) is 0 Å². The van der Waals surface area contributed by atoms with Gasteiger partial charge in [0, 0.05) is 24.3 Å². The number of amides is 2. The number of nitro benzene ring substituents is 2.